The van der Waals surface area contributed by atoms with Crippen LogP contribution in [0.4, 0.5) is 14.5 Å². The first-order valence-corrected chi connectivity index (χ1v) is 7.46. The fraction of sp³-hybridized carbons (Fsp3) is 0.375. The van der Waals surface area contributed by atoms with E-state index in [2.05, 4.69) is 10.3 Å². The summed E-state index contributed by atoms with van der Waals surface area (Å²) in [6.07, 6.45) is 2.60. The van der Waals surface area contributed by atoms with Gasteiger partial charge in [0.15, 0.2) is 5.82 Å². The second-order valence-corrected chi connectivity index (χ2v) is 5.78. The number of nitrogen functional groups attached to an aromatic ring is 1. The summed E-state index contributed by atoms with van der Waals surface area (Å²) < 4.78 is 30.3. The van der Waals surface area contributed by atoms with Crippen LogP contribution in [0.5, 0.6) is 0 Å². The number of halogens is 2. The number of imidazole rings is 1. The van der Waals surface area contributed by atoms with E-state index < -0.39 is 11.6 Å². The highest BCUT2D eigenvalue weighted by Gasteiger charge is 2.34. The van der Waals surface area contributed by atoms with Crippen LogP contribution in [0.3, 0.4) is 0 Å². The summed E-state index contributed by atoms with van der Waals surface area (Å²) in [6, 6.07) is 2.20. The van der Waals surface area contributed by atoms with Gasteiger partial charge in [0.25, 0.3) is 5.91 Å². The van der Waals surface area contributed by atoms with Crippen molar-refractivity contribution in [1.82, 2.24) is 14.9 Å². The number of benzene rings is 1. The van der Waals surface area contributed by atoms with Crippen LogP contribution >= 0.6 is 0 Å². The number of rotatable bonds is 2. The van der Waals surface area contributed by atoms with E-state index in [4.69, 9.17) is 5.73 Å². The van der Waals surface area contributed by atoms with Crippen LogP contribution in [-0.2, 0) is 6.42 Å². The first kappa shape index (κ1) is 15.5. The number of amides is 1. The van der Waals surface area contributed by atoms with Gasteiger partial charge in [0.05, 0.1) is 17.7 Å². The Kier molecular flexibility index (Phi) is 3.79. The van der Waals surface area contributed by atoms with Crippen LogP contribution in [0.1, 0.15) is 47.1 Å². The molecule has 3 N–H and O–H groups in total. The van der Waals surface area contributed by atoms with Gasteiger partial charge in [-0.05, 0) is 31.9 Å². The van der Waals surface area contributed by atoms with E-state index in [1.54, 1.807) is 13.4 Å². The maximum absolute atomic E-state index is 14.3. The number of aromatic nitrogens is 2. The van der Waals surface area contributed by atoms with Gasteiger partial charge in [0.2, 0.25) is 0 Å². The highest BCUT2D eigenvalue weighted by molar-refractivity contribution is 5.93. The van der Waals surface area contributed by atoms with Crippen molar-refractivity contribution >= 4 is 11.6 Å². The predicted octanol–water partition coefficient (Wildman–Crippen LogP) is 2.39. The van der Waals surface area contributed by atoms with Crippen LogP contribution in [0.15, 0.2) is 18.5 Å². The number of hydrogen-bond acceptors (Lipinski definition) is 3. The van der Waals surface area contributed by atoms with E-state index in [0.29, 0.717) is 18.5 Å². The van der Waals surface area contributed by atoms with Gasteiger partial charge < -0.3 is 15.6 Å². The van der Waals surface area contributed by atoms with Gasteiger partial charge in [0.1, 0.15) is 11.5 Å². The molecule has 1 unspecified atom stereocenters. The monoisotopic (exact) mass is 320 g/mol. The third-order valence-electron chi connectivity index (χ3n) is 4.58. The minimum Gasteiger partial charge on any atom is -0.396 e. The number of anilines is 1. The second kappa shape index (κ2) is 5.64. The molecule has 1 aromatic carbocycles. The Bertz CT molecular complexity index is 772. The lowest BCUT2D eigenvalue weighted by atomic mass is 9.83. The molecule has 0 saturated carbocycles. The molecule has 1 aliphatic heterocycles. The zero-order valence-electron chi connectivity index (χ0n) is 12.9. The molecule has 0 bridgehead atoms. The molecule has 0 fully saturated rings. The second-order valence-electron chi connectivity index (χ2n) is 5.78. The largest absolute Gasteiger partial charge is 0.396 e. The zero-order valence-corrected chi connectivity index (χ0v) is 12.9. The van der Waals surface area contributed by atoms with E-state index in [-0.39, 0.29) is 29.1 Å². The molecule has 1 aliphatic rings. The summed E-state index contributed by atoms with van der Waals surface area (Å²) in [7, 11) is 1.54. The summed E-state index contributed by atoms with van der Waals surface area (Å²) >= 11 is 0. The number of carbonyl (C=O) groups is 1. The number of fused-ring (bicyclic) bond motifs is 1. The van der Waals surface area contributed by atoms with Gasteiger partial charge in [-0.15, -0.1) is 0 Å². The molecule has 5 nitrogen and oxygen atoms in total. The molecule has 7 heteroatoms. The number of nitrogens with zero attached hydrogens (tertiary/aromatic N) is 2. The third-order valence-corrected chi connectivity index (χ3v) is 4.58. The molecule has 0 radical (unpaired) electrons. The van der Waals surface area contributed by atoms with Crippen molar-refractivity contribution in [2.75, 3.05) is 12.8 Å². The maximum atomic E-state index is 14.3. The summed E-state index contributed by atoms with van der Waals surface area (Å²) in [4.78, 5) is 16.0. The molecule has 0 saturated heterocycles. The van der Waals surface area contributed by atoms with Crippen molar-refractivity contribution in [2.45, 2.75) is 31.7 Å². The molecular formula is C16H18F2N4O. The molecule has 2 atom stereocenters. The van der Waals surface area contributed by atoms with Gasteiger partial charge in [0, 0.05) is 24.6 Å². The summed E-state index contributed by atoms with van der Waals surface area (Å²) in [5, 5.41) is 2.55. The van der Waals surface area contributed by atoms with Gasteiger partial charge in [-0.2, -0.15) is 0 Å². The first-order chi connectivity index (χ1) is 11.0. The van der Waals surface area contributed by atoms with Crippen molar-refractivity contribution in [1.29, 1.82) is 0 Å². The van der Waals surface area contributed by atoms with E-state index in [1.807, 2.05) is 11.5 Å². The zero-order chi connectivity index (χ0) is 16.7. The Labute approximate surface area is 132 Å². The lowest BCUT2D eigenvalue weighted by molar-refractivity contribution is 0.0957. The Morgan fingerprint density at radius 1 is 1.43 bits per heavy atom. The fourth-order valence-corrected chi connectivity index (χ4v) is 3.33. The maximum Gasteiger partial charge on any atom is 0.271 e. The van der Waals surface area contributed by atoms with Crippen LogP contribution < -0.4 is 11.1 Å². The smallest absolute Gasteiger partial charge is 0.271 e. The van der Waals surface area contributed by atoms with Crippen molar-refractivity contribution < 1.29 is 13.6 Å². The molecule has 23 heavy (non-hydrogen) atoms. The number of hydrogen-bond donors (Lipinski definition) is 2. The predicted molar refractivity (Wildman–Crippen MR) is 82.2 cm³/mol. The Morgan fingerprint density at radius 3 is 2.87 bits per heavy atom. The Hall–Kier alpha value is -2.44. The van der Waals surface area contributed by atoms with Gasteiger partial charge in [-0.25, -0.2) is 13.8 Å². The minimum atomic E-state index is -0.697. The average Bonchev–Trinajstić information content (AvgIpc) is 2.97. The molecule has 0 spiro atoms. The standard InChI is InChI=1S/C16H18F2N4O/c1-8-9(13-10(17)4-5-11(19)14(13)18)3-6-12-15(16(23)20-2)21-7-22(8)12/h4-5,7-9H,3,6,19H2,1-2H3,(H,20,23)/t8-,9?/m0/s1. The molecule has 3 rings (SSSR count). The summed E-state index contributed by atoms with van der Waals surface area (Å²) in [5.41, 5.74) is 6.69. The highest BCUT2D eigenvalue weighted by Crippen LogP contribution is 2.41. The number of nitrogens with one attached hydrogen (secondary N) is 1. The Balaban J connectivity index is 2.03. The van der Waals surface area contributed by atoms with Crippen molar-refractivity contribution in [3.8, 4) is 0 Å². The first-order valence-electron chi connectivity index (χ1n) is 7.46. The number of nitrogens with two attached hydrogens (primary N) is 1. The lowest BCUT2D eigenvalue weighted by Gasteiger charge is -2.32. The molecule has 2 heterocycles. The van der Waals surface area contributed by atoms with E-state index in [1.165, 1.54) is 12.1 Å². The topological polar surface area (TPSA) is 72.9 Å². The van der Waals surface area contributed by atoms with Gasteiger partial charge >= 0.3 is 0 Å². The molecular weight excluding hydrogens is 302 g/mol. The van der Waals surface area contributed by atoms with Crippen molar-refractivity contribution in [3.63, 3.8) is 0 Å². The molecule has 1 amide bonds. The van der Waals surface area contributed by atoms with E-state index in [0.717, 1.165) is 5.69 Å². The van der Waals surface area contributed by atoms with Crippen LogP contribution in [0.25, 0.3) is 0 Å². The normalized spacial score (nSPS) is 20.2. The SMILES string of the molecule is CNC(=O)c1ncn2c1CCC(c1c(F)ccc(N)c1F)[C@@H]2C. The third kappa shape index (κ3) is 2.36. The molecule has 0 aliphatic carbocycles. The molecule has 2 aromatic rings. The molecule has 1 aromatic heterocycles. The van der Waals surface area contributed by atoms with Crippen molar-refractivity contribution in [3.05, 3.63) is 47.0 Å². The summed E-state index contributed by atoms with van der Waals surface area (Å²) in [5.74, 6) is -1.91. The van der Waals surface area contributed by atoms with E-state index in [9.17, 15) is 13.6 Å². The minimum absolute atomic E-state index is 0.0124. The van der Waals surface area contributed by atoms with Crippen LogP contribution in [0.2, 0.25) is 0 Å². The van der Waals surface area contributed by atoms with Gasteiger partial charge in [-0.3, -0.25) is 4.79 Å². The number of carbonyl (C=O) groups excluding carboxylic acids is 1. The van der Waals surface area contributed by atoms with Crippen molar-refractivity contribution in [2.24, 2.45) is 0 Å². The average molecular weight is 320 g/mol. The molecule has 122 valence electrons. The summed E-state index contributed by atoms with van der Waals surface area (Å²) in [6.45, 7) is 1.87. The van der Waals surface area contributed by atoms with Gasteiger partial charge in [-0.1, -0.05) is 0 Å². The Morgan fingerprint density at radius 2 is 2.17 bits per heavy atom. The van der Waals surface area contributed by atoms with Crippen LogP contribution in [0, 0.1) is 11.6 Å². The quantitative estimate of drug-likeness (QED) is 0.835. The fourth-order valence-electron chi connectivity index (χ4n) is 3.33. The van der Waals surface area contributed by atoms with E-state index >= 15 is 0 Å². The lowest BCUT2D eigenvalue weighted by Crippen LogP contribution is -2.27. The highest BCUT2D eigenvalue weighted by atomic mass is 19.1. The van der Waals surface area contributed by atoms with Crippen LogP contribution in [-0.4, -0.2) is 22.5 Å².